The average Bonchev–Trinajstić information content (AvgIpc) is 2.86. The number of aliphatic carboxylic acids is 1. The van der Waals surface area contributed by atoms with Crippen LogP contribution in [0.4, 0.5) is 5.69 Å². The van der Waals surface area contributed by atoms with Gasteiger partial charge >= 0.3 is 5.97 Å². The first-order valence-corrected chi connectivity index (χ1v) is 6.39. The van der Waals surface area contributed by atoms with E-state index in [0.29, 0.717) is 5.56 Å². The summed E-state index contributed by atoms with van der Waals surface area (Å²) >= 11 is 0. The lowest BCUT2D eigenvalue weighted by Crippen LogP contribution is -2.41. The highest BCUT2D eigenvalue weighted by Crippen LogP contribution is 2.44. The fourth-order valence-electron chi connectivity index (χ4n) is 3.06. The van der Waals surface area contributed by atoms with Gasteiger partial charge in [0, 0.05) is 23.1 Å². The monoisotopic (exact) mass is 257 g/mol. The number of allylic oxidation sites excluding steroid dienone is 2. The highest BCUT2D eigenvalue weighted by molar-refractivity contribution is 5.95. The van der Waals surface area contributed by atoms with Crippen LogP contribution in [0.1, 0.15) is 35.2 Å². The number of carbonyl (C=O) groups is 2. The third-order valence-corrected chi connectivity index (χ3v) is 4.04. The van der Waals surface area contributed by atoms with Crippen molar-refractivity contribution in [2.45, 2.75) is 25.3 Å². The van der Waals surface area contributed by atoms with Gasteiger partial charge in [0.25, 0.3) is 0 Å². The summed E-state index contributed by atoms with van der Waals surface area (Å²) < 4.78 is 0. The van der Waals surface area contributed by atoms with Crippen LogP contribution in [0.15, 0.2) is 30.4 Å². The molecule has 0 aromatic heterocycles. The highest BCUT2D eigenvalue weighted by Gasteiger charge is 2.40. The Morgan fingerprint density at radius 3 is 2.84 bits per heavy atom. The molecular formula is C15H15NO3. The predicted molar refractivity (Wildman–Crippen MR) is 71.5 cm³/mol. The SMILES string of the molecule is CC(=O)c1ccc2c(c1)[C@H]1C=CC[C@@H]1[C@@H](C(=O)O)N2. The number of ketones is 1. The Bertz CT molecular complexity index is 591. The molecule has 3 atom stereocenters. The van der Waals surface area contributed by atoms with E-state index in [-0.39, 0.29) is 17.6 Å². The first kappa shape index (κ1) is 12.0. The summed E-state index contributed by atoms with van der Waals surface area (Å²) in [5.74, 6) is -0.662. The van der Waals surface area contributed by atoms with Crippen molar-refractivity contribution in [1.29, 1.82) is 0 Å². The minimum absolute atomic E-state index is 0.0293. The molecule has 0 unspecified atom stereocenters. The van der Waals surface area contributed by atoms with Gasteiger partial charge in [-0.2, -0.15) is 0 Å². The van der Waals surface area contributed by atoms with Gasteiger partial charge in [0.1, 0.15) is 6.04 Å². The van der Waals surface area contributed by atoms with Crippen LogP contribution in [0.25, 0.3) is 0 Å². The number of anilines is 1. The molecule has 1 heterocycles. The number of fused-ring (bicyclic) bond motifs is 3. The minimum atomic E-state index is -0.819. The number of rotatable bonds is 2. The van der Waals surface area contributed by atoms with Gasteiger partial charge in [-0.25, -0.2) is 4.79 Å². The second kappa shape index (κ2) is 4.23. The molecule has 3 rings (SSSR count). The average molecular weight is 257 g/mol. The van der Waals surface area contributed by atoms with Crippen molar-refractivity contribution in [1.82, 2.24) is 0 Å². The zero-order valence-electron chi connectivity index (χ0n) is 10.6. The van der Waals surface area contributed by atoms with Gasteiger partial charge in [0.2, 0.25) is 0 Å². The van der Waals surface area contributed by atoms with Gasteiger partial charge in [0.05, 0.1) is 0 Å². The number of hydrogen-bond donors (Lipinski definition) is 2. The van der Waals surface area contributed by atoms with Crippen molar-refractivity contribution >= 4 is 17.4 Å². The third-order valence-electron chi connectivity index (χ3n) is 4.04. The Balaban J connectivity index is 2.08. The lowest BCUT2D eigenvalue weighted by atomic mass is 9.79. The van der Waals surface area contributed by atoms with Crippen LogP contribution in [0.5, 0.6) is 0 Å². The van der Waals surface area contributed by atoms with E-state index in [1.54, 1.807) is 13.0 Å². The molecule has 0 spiro atoms. The van der Waals surface area contributed by atoms with Crippen molar-refractivity contribution in [2.24, 2.45) is 5.92 Å². The van der Waals surface area contributed by atoms with Gasteiger partial charge in [-0.1, -0.05) is 12.2 Å². The molecule has 4 heteroatoms. The van der Waals surface area contributed by atoms with E-state index in [2.05, 4.69) is 11.4 Å². The normalized spacial score (nSPS) is 27.3. The maximum Gasteiger partial charge on any atom is 0.326 e. The van der Waals surface area contributed by atoms with Crippen LogP contribution in [0.2, 0.25) is 0 Å². The fraction of sp³-hybridized carbons (Fsp3) is 0.333. The number of benzene rings is 1. The first-order chi connectivity index (χ1) is 9.08. The molecule has 0 saturated carbocycles. The van der Waals surface area contributed by atoms with E-state index < -0.39 is 12.0 Å². The quantitative estimate of drug-likeness (QED) is 0.630. The first-order valence-electron chi connectivity index (χ1n) is 6.39. The predicted octanol–water partition coefficient (Wildman–Crippen LogP) is 2.43. The van der Waals surface area contributed by atoms with Crippen LogP contribution >= 0.6 is 0 Å². The molecule has 0 bridgehead atoms. The van der Waals surface area contributed by atoms with Gasteiger partial charge < -0.3 is 10.4 Å². The molecule has 2 aliphatic rings. The lowest BCUT2D eigenvalue weighted by molar-refractivity contribution is -0.139. The van der Waals surface area contributed by atoms with Crippen LogP contribution in [-0.4, -0.2) is 22.9 Å². The summed E-state index contributed by atoms with van der Waals surface area (Å²) in [6.07, 6.45) is 4.85. The number of carbonyl (C=O) groups excluding carboxylic acids is 1. The van der Waals surface area contributed by atoms with Gasteiger partial charge in [-0.3, -0.25) is 4.79 Å². The number of Topliss-reactive ketones (excluding diaryl/α,β-unsaturated/α-hetero) is 1. The van der Waals surface area contributed by atoms with Crippen molar-refractivity contribution in [3.05, 3.63) is 41.5 Å². The van der Waals surface area contributed by atoms with Crippen LogP contribution in [0, 0.1) is 5.92 Å². The zero-order chi connectivity index (χ0) is 13.6. The van der Waals surface area contributed by atoms with Gasteiger partial charge in [-0.05, 0) is 37.1 Å². The second-order valence-corrected chi connectivity index (χ2v) is 5.17. The van der Waals surface area contributed by atoms with E-state index in [1.807, 2.05) is 18.2 Å². The van der Waals surface area contributed by atoms with E-state index in [4.69, 9.17) is 0 Å². The van der Waals surface area contributed by atoms with E-state index in [9.17, 15) is 14.7 Å². The topological polar surface area (TPSA) is 66.4 Å². The maximum absolute atomic E-state index is 11.5. The summed E-state index contributed by atoms with van der Waals surface area (Å²) in [6.45, 7) is 1.54. The zero-order valence-corrected chi connectivity index (χ0v) is 10.6. The van der Waals surface area contributed by atoms with Crippen molar-refractivity contribution in [3.8, 4) is 0 Å². The molecule has 1 aliphatic heterocycles. The molecule has 0 fully saturated rings. The van der Waals surface area contributed by atoms with Crippen molar-refractivity contribution in [2.75, 3.05) is 5.32 Å². The Morgan fingerprint density at radius 2 is 2.16 bits per heavy atom. The number of nitrogens with one attached hydrogen (secondary N) is 1. The number of carboxylic acids is 1. The maximum atomic E-state index is 11.5. The van der Waals surface area contributed by atoms with Crippen molar-refractivity contribution < 1.29 is 14.7 Å². The van der Waals surface area contributed by atoms with Crippen LogP contribution in [-0.2, 0) is 4.79 Å². The molecule has 0 saturated heterocycles. The molecule has 2 N–H and O–H groups in total. The Hall–Kier alpha value is -2.10. The van der Waals surface area contributed by atoms with Crippen LogP contribution < -0.4 is 5.32 Å². The number of carboxylic acid groups (broad SMARTS) is 1. The largest absolute Gasteiger partial charge is 0.480 e. The van der Waals surface area contributed by atoms with E-state index in [1.165, 1.54) is 0 Å². The van der Waals surface area contributed by atoms with E-state index >= 15 is 0 Å². The summed E-state index contributed by atoms with van der Waals surface area (Å²) in [4.78, 5) is 22.8. The second-order valence-electron chi connectivity index (χ2n) is 5.17. The molecular weight excluding hydrogens is 242 g/mol. The Morgan fingerprint density at radius 1 is 1.37 bits per heavy atom. The Labute approximate surface area is 111 Å². The standard InChI is InChI=1S/C15H15NO3/c1-8(17)9-5-6-13-12(7-9)10-3-2-4-11(10)14(16-13)15(18)19/h2-3,5-7,10-11,14,16H,4H2,1H3,(H,18,19)/t10-,11-,14-/m0/s1. The van der Waals surface area contributed by atoms with Gasteiger partial charge in [-0.15, -0.1) is 0 Å². The Kier molecular flexibility index (Phi) is 2.66. The summed E-state index contributed by atoms with van der Waals surface area (Å²) in [6, 6.07) is 4.88. The third kappa shape index (κ3) is 1.84. The van der Waals surface area contributed by atoms with Crippen molar-refractivity contribution in [3.63, 3.8) is 0 Å². The highest BCUT2D eigenvalue weighted by atomic mass is 16.4. The van der Waals surface area contributed by atoms with E-state index in [0.717, 1.165) is 17.7 Å². The fourth-order valence-corrected chi connectivity index (χ4v) is 3.06. The molecule has 98 valence electrons. The molecule has 1 aliphatic carbocycles. The molecule has 0 radical (unpaired) electrons. The summed E-state index contributed by atoms with van der Waals surface area (Å²) in [7, 11) is 0. The lowest BCUT2D eigenvalue weighted by Gasteiger charge is -2.34. The molecule has 1 aromatic carbocycles. The summed E-state index contributed by atoms with van der Waals surface area (Å²) in [5, 5.41) is 12.4. The smallest absolute Gasteiger partial charge is 0.326 e. The number of hydrogen-bond acceptors (Lipinski definition) is 3. The molecule has 1 aromatic rings. The molecule has 4 nitrogen and oxygen atoms in total. The van der Waals surface area contributed by atoms with Gasteiger partial charge in [0.15, 0.2) is 5.78 Å². The molecule has 0 amide bonds. The molecule has 19 heavy (non-hydrogen) atoms. The van der Waals surface area contributed by atoms with Crippen LogP contribution in [0.3, 0.4) is 0 Å². The minimum Gasteiger partial charge on any atom is -0.480 e. The summed E-state index contributed by atoms with van der Waals surface area (Å²) in [5.41, 5.74) is 2.53.